The molecule has 3 heterocycles. The lowest BCUT2D eigenvalue weighted by atomic mass is 10.1. The molecule has 0 aliphatic carbocycles. The molecule has 0 bridgehead atoms. The lowest BCUT2D eigenvalue weighted by Crippen LogP contribution is -2.46. The zero-order valence-corrected chi connectivity index (χ0v) is 17.1. The van der Waals surface area contributed by atoms with E-state index in [0.29, 0.717) is 13.1 Å². The van der Waals surface area contributed by atoms with E-state index in [1.54, 1.807) is 0 Å². The standard InChI is InChI=1S/C20H28N4O3S/c1-17-14-19(16-20(15-17)22-8-12-28(25,26)13-9-22)21-18-2-4-23(5-3-18)24-6-10-27-11-7-24/h2-4,14-16,21H,5-13H2,1H3. The zero-order valence-electron chi connectivity index (χ0n) is 16.3. The van der Waals surface area contributed by atoms with Crippen LogP contribution >= 0.6 is 0 Å². The molecular formula is C20H28N4O3S. The van der Waals surface area contributed by atoms with Crippen molar-refractivity contribution in [1.82, 2.24) is 10.0 Å². The van der Waals surface area contributed by atoms with Crippen molar-refractivity contribution < 1.29 is 13.2 Å². The van der Waals surface area contributed by atoms with Crippen molar-refractivity contribution in [1.29, 1.82) is 0 Å². The van der Waals surface area contributed by atoms with Crippen molar-refractivity contribution in [3.05, 3.63) is 47.8 Å². The second kappa shape index (κ2) is 8.14. The molecule has 2 fully saturated rings. The summed E-state index contributed by atoms with van der Waals surface area (Å²) in [6, 6.07) is 6.34. The molecule has 3 aliphatic rings. The van der Waals surface area contributed by atoms with Gasteiger partial charge in [0, 0.05) is 49.5 Å². The van der Waals surface area contributed by atoms with Crippen LogP contribution in [0, 0.1) is 6.92 Å². The van der Waals surface area contributed by atoms with Gasteiger partial charge >= 0.3 is 0 Å². The molecule has 0 spiro atoms. The highest BCUT2D eigenvalue weighted by Crippen LogP contribution is 2.25. The van der Waals surface area contributed by atoms with E-state index in [9.17, 15) is 8.42 Å². The number of hydrogen-bond donors (Lipinski definition) is 1. The van der Waals surface area contributed by atoms with Crippen LogP contribution in [0.25, 0.3) is 0 Å². The molecule has 28 heavy (non-hydrogen) atoms. The maximum absolute atomic E-state index is 11.7. The number of anilines is 2. The largest absolute Gasteiger partial charge is 0.379 e. The third-order valence-electron chi connectivity index (χ3n) is 5.34. The van der Waals surface area contributed by atoms with Crippen molar-refractivity contribution in [3.8, 4) is 0 Å². The first-order chi connectivity index (χ1) is 13.5. The van der Waals surface area contributed by atoms with E-state index in [1.165, 1.54) is 0 Å². The maximum Gasteiger partial charge on any atom is 0.153 e. The summed E-state index contributed by atoms with van der Waals surface area (Å²) in [5.74, 6) is 0.462. The summed E-state index contributed by atoms with van der Waals surface area (Å²) in [7, 11) is -2.87. The number of nitrogens with one attached hydrogen (secondary N) is 1. The SMILES string of the molecule is Cc1cc(NC2=CCN(N3CCOCC3)C=C2)cc(N2CCS(=O)(=O)CC2)c1. The van der Waals surface area contributed by atoms with Gasteiger partial charge in [0.1, 0.15) is 0 Å². The van der Waals surface area contributed by atoms with E-state index in [4.69, 9.17) is 4.74 Å². The Bertz CT molecular complexity index is 861. The lowest BCUT2D eigenvalue weighted by molar-refractivity contribution is -0.0580. The Labute approximate surface area is 167 Å². The Morgan fingerprint density at radius 3 is 2.46 bits per heavy atom. The fourth-order valence-corrected chi connectivity index (χ4v) is 4.96. The van der Waals surface area contributed by atoms with Crippen LogP contribution in [0.2, 0.25) is 0 Å². The normalized spacial score (nSPS) is 22.8. The molecule has 1 N–H and O–H groups in total. The molecule has 1 aromatic rings. The smallest absolute Gasteiger partial charge is 0.153 e. The van der Waals surface area contributed by atoms with Gasteiger partial charge in [-0.15, -0.1) is 0 Å². The third-order valence-corrected chi connectivity index (χ3v) is 6.94. The summed E-state index contributed by atoms with van der Waals surface area (Å²) in [6.45, 7) is 7.43. The molecule has 0 unspecified atom stereocenters. The average Bonchev–Trinajstić information content (AvgIpc) is 2.69. The van der Waals surface area contributed by atoms with Crippen LogP contribution in [0.5, 0.6) is 0 Å². The summed E-state index contributed by atoms with van der Waals surface area (Å²) in [6.07, 6.45) is 6.39. The zero-order chi connectivity index (χ0) is 19.6. The molecule has 0 atom stereocenters. The molecule has 3 aliphatic heterocycles. The molecular weight excluding hydrogens is 376 g/mol. The molecule has 4 rings (SSSR count). The molecule has 1 aromatic carbocycles. The van der Waals surface area contributed by atoms with E-state index in [2.05, 4.69) is 63.7 Å². The van der Waals surface area contributed by atoms with Gasteiger partial charge in [-0.05, 0) is 42.8 Å². The molecule has 2 saturated heterocycles. The monoisotopic (exact) mass is 404 g/mol. The number of sulfone groups is 1. The molecule has 152 valence electrons. The minimum absolute atomic E-state index is 0.231. The molecule has 0 saturated carbocycles. The quantitative estimate of drug-likeness (QED) is 0.818. The van der Waals surface area contributed by atoms with Crippen molar-refractivity contribution in [2.45, 2.75) is 6.92 Å². The fraction of sp³-hybridized carbons (Fsp3) is 0.500. The van der Waals surface area contributed by atoms with Gasteiger partial charge in [0.2, 0.25) is 0 Å². The van der Waals surface area contributed by atoms with E-state index in [1.807, 2.05) is 0 Å². The molecule has 0 aromatic heterocycles. The van der Waals surface area contributed by atoms with E-state index >= 15 is 0 Å². The number of benzene rings is 1. The van der Waals surface area contributed by atoms with Gasteiger partial charge in [0.25, 0.3) is 0 Å². The number of ether oxygens (including phenoxy) is 1. The van der Waals surface area contributed by atoms with Crippen LogP contribution in [-0.2, 0) is 14.6 Å². The fourth-order valence-electron chi connectivity index (χ4n) is 3.76. The van der Waals surface area contributed by atoms with Gasteiger partial charge in [0.05, 0.1) is 31.3 Å². The summed E-state index contributed by atoms with van der Waals surface area (Å²) in [5, 5.41) is 8.03. The predicted octanol–water partition coefficient (Wildman–Crippen LogP) is 1.60. The number of aryl methyl sites for hydroxylation is 1. The van der Waals surface area contributed by atoms with E-state index in [0.717, 1.165) is 55.5 Å². The van der Waals surface area contributed by atoms with Crippen molar-refractivity contribution in [3.63, 3.8) is 0 Å². The van der Waals surface area contributed by atoms with E-state index < -0.39 is 9.84 Å². The van der Waals surface area contributed by atoms with Gasteiger partial charge in [-0.25, -0.2) is 13.4 Å². The van der Waals surface area contributed by atoms with Crippen LogP contribution in [0.1, 0.15) is 5.56 Å². The minimum atomic E-state index is -2.87. The van der Waals surface area contributed by atoms with Crippen molar-refractivity contribution in [2.75, 3.05) is 67.7 Å². The van der Waals surface area contributed by atoms with Crippen molar-refractivity contribution in [2.24, 2.45) is 0 Å². The first-order valence-electron chi connectivity index (χ1n) is 9.80. The Morgan fingerprint density at radius 1 is 1.04 bits per heavy atom. The number of hydrogen-bond acceptors (Lipinski definition) is 7. The molecule has 7 nitrogen and oxygen atoms in total. The number of nitrogens with zero attached hydrogens (tertiary/aromatic N) is 3. The number of allylic oxidation sites excluding steroid dienone is 1. The predicted molar refractivity (Wildman–Crippen MR) is 112 cm³/mol. The average molecular weight is 405 g/mol. The second-order valence-corrected chi connectivity index (χ2v) is 9.79. The Hall–Kier alpha value is -2.03. The Balaban J connectivity index is 1.40. The summed E-state index contributed by atoms with van der Waals surface area (Å²) < 4.78 is 28.8. The minimum Gasteiger partial charge on any atom is -0.379 e. The number of hydrazine groups is 1. The van der Waals surface area contributed by atoms with Gasteiger partial charge in [0.15, 0.2) is 9.84 Å². The van der Waals surface area contributed by atoms with E-state index in [-0.39, 0.29) is 11.5 Å². The van der Waals surface area contributed by atoms with Crippen LogP contribution in [-0.4, -0.2) is 75.9 Å². The van der Waals surface area contributed by atoms with Crippen LogP contribution in [0.15, 0.2) is 42.2 Å². The Kier molecular flexibility index (Phi) is 5.61. The first-order valence-corrected chi connectivity index (χ1v) is 11.6. The summed E-state index contributed by atoms with van der Waals surface area (Å²) in [4.78, 5) is 2.16. The number of rotatable bonds is 4. The lowest BCUT2D eigenvalue weighted by Gasteiger charge is -2.37. The van der Waals surface area contributed by atoms with Crippen LogP contribution in [0.4, 0.5) is 11.4 Å². The highest BCUT2D eigenvalue weighted by molar-refractivity contribution is 7.91. The topological polar surface area (TPSA) is 65.1 Å². The summed E-state index contributed by atoms with van der Waals surface area (Å²) in [5.41, 5.74) is 4.33. The van der Waals surface area contributed by atoms with Crippen molar-refractivity contribution >= 4 is 21.2 Å². The summed E-state index contributed by atoms with van der Waals surface area (Å²) >= 11 is 0. The van der Waals surface area contributed by atoms with Gasteiger partial charge in [-0.1, -0.05) is 0 Å². The molecule has 8 heteroatoms. The second-order valence-electron chi connectivity index (χ2n) is 7.48. The van der Waals surface area contributed by atoms with Gasteiger partial charge in [-0.3, -0.25) is 0 Å². The Morgan fingerprint density at radius 2 is 1.79 bits per heavy atom. The third kappa shape index (κ3) is 4.68. The van der Waals surface area contributed by atoms with Gasteiger partial charge < -0.3 is 20.0 Å². The maximum atomic E-state index is 11.7. The highest BCUT2D eigenvalue weighted by atomic mass is 32.2. The number of morpholine rings is 1. The highest BCUT2D eigenvalue weighted by Gasteiger charge is 2.22. The van der Waals surface area contributed by atoms with Crippen LogP contribution < -0.4 is 10.2 Å². The van der Waals surface area contributed by atoms with Gasteiger partial charge in [-0.2, -0.15) is 0 Å². The van der Waals surface area contributed by atoms with Crippen LogP contribution in [0.3, 0.4) is 0 Å². The molecule has 0 radical (unpaired) electrons. The first kappa shape index (κ1) is 19.3. The molecule has 0 amide bonds.